The van der Waals surface area contributed by atoms with E-state index in [9.17, 15) is 15.0 Å². The maximum absolute atomic E-state index is 11.7. The Morgan fingerprint density at radius 1 is 1.21 bits per heavy atom. The van der Waals surface area contributed by atoms with E-state index >= 15 is 0 Å². The topological polar surface area (TPSA) is 91.2 Å². The average Bonchev–Trinajstić information content (AvgIpc) is 2.57. The van der Waals surface area contributed by atoms with Gasteiger partial charge in [-0.3, -0.25) is 4.79 Å². The van der Waals surface area contributed by atoms with E-state index in [0.29, 0.717) is 18.4 Å². The minimum atomic E-state index is -0.196. The van der Waals surface area contributed by atoms with Gasteiger partial charge in [0.05, 0.1) is 13.3 Å². The molecule has 0 aliphatic rings. The molecule has 2 aromatic carbocycles. The summed E-state index contributed by atoms with van der Waals surface area (Å²) in [6.07, 6.45) is 3.18. The van der Waals surface area contributed by atoms with Crippen LogP contribution in [-0.2, 0) is 11.2 Å². The number of nitrogens with zero attached hydrogens (tertiary/aromatic N) is 1. The number of carbonyl (C=O) groups excluding carboxylic acids is 1. The van der Waals surface area contributed by atoms with Gasteiger partial charge < -0.3 is 14.9 Å². The number of ether oxygens (including phenoxy) is 1. The lowest BCUT2D eigenvalue weighted by Gasteiger charge is -2.03. The molecule has 0 saturated heterocycles. The highest BCUT2D eigenvalue weighted by Crippen LogP contribution is 2.20. The minimum absolute atomic E-state index is 0.0350. The van der Waals surface area contributed by atoms with Gasteiger partial charge in [-0.1, -0.05) is 12.1 Å². The van der Waals surface area contributed by atoms with Crippen molar-refractivity contribution >= 4 is 12.1 Å². The summed E-state index contributed by atoms with van der Waals surface area (Å²) in [5.74, 6) is 0.473. The number of aryl methyl sites for hydroxylation is 1. The van der Waals surface area contributed by atoms with Crippen molar-refractivity contribution in [1.82, 2.24) is 5.43 Å². The summed E-state index contributed by atoms with van der Waals surface area (Å²) in [7, 11) is 1.62. The Labute approximate surface area is 140 Å². The highest BCUT2D eigenvalue weighted by Gasteiger charge is 2.02. The van der Waals surface area contributed by atoms with Gasteiger partial charge in [0.1, 0.15) is 17.2 Å². The molecule has 1 amide bonds. The Hall–Kier alpha value is -3.02. The van der Waals surface area contributed by atoms with Crippen LogP contribution in [0.25, 0.3) is 0 Å². The number of phenols is 2. The first-order valence-electron chi connectivity index (χ1n) is 7.55. The standard InChI is InChI=1S/C18H20N2O4/c1-24-16-9-5-13(6-10-16)3-2-4-18(23)20-19-12-14-7-8-15(21)11-17(14)22/h5-12,21-22H,2-4H2,1H3,(H,20,23). The van der Waals surface area contributed by atoms with Crippen LogP contribution in [0.1, 0.15) is 24.0 Å². The number of phenolic OH excluding ortho intramolecular Hbond substituents is 2. The van der Waals surface area contributed by atoms with Crippen molar-refractivity contribution in [1.29, 1.82) is 0 Å². The van der Waals surface area contributed by atoms with Gasteiger partial charge in [0.25, 0.3) is 0 Å². The van der Waals surface area contributed by atoms with Crippen molar-refractivity contribution in [2.75, 3.05) is 7.11 Å². The Kier molecular flexibility index (Phi) is 6.19. The Balaban J connectivity index is 1.73. The van der Waals surface area contributed by atoms with Crippen molar-refractivity contribution in [3.8, 4) is 17.2 Å². The van der Waals surface area contributed by atoms with Crippen LogP contribution >= 0.6 is 0 Å². The van der Waals surface area contributed by atoms with E-state index in [2.05, 4.69) is 10.5 Å². The lowest BCUT2D eigenvalue weighted by molar-refractivity contribution is -0.121. The summed E-state index contributed by atoms with van der Waals surface area (Å²) in [5, 5.41) is 22.6. The van der Waals surface area contributed by atoms with Crippen LogP contribution in [0.2, 0.25) is 0 Å². The van der Waals surface area contributed by atoms with Crippen molar-refractivity contribution in [3.63, 3.8) is 0 Å². The fourth-order valence-corrected chi connectivity index (χ4v) is 2.12. The van der Waals surface area contributed by atoms with E-state index in [1.807, 2.05) is 24.3 Å². The fourth-order valence-electron chi connectivity index (χ4n) is 2.12. The maximum atomic E-state index is 11.7. The van der Waals surface area contributed by atoms with Crippen LogP contribution in [0, 0.1) is 0 Å². The first-order chi connectivity index (χ1) is 11.6. The molecule has 2 rings (SSSR count). The Bertz CT molecular complexity index is 711. The van der Waals surface area contributed by atoms with Gasteiger partial charge in [-0.15, -0.1) is 0 Å². The molecule has 24 heavy (non-hydrogen) atoms. The number of nitrogens with one attached hydrogen (secondary N) is 1. The quantitative estimate of drug-likeness (QED) is 0.538. The summed E-state index contributed by atoms with van der Waals surface area (Å²) in [5.41, 5.74) is 3.96. The predicted molar refractivity (Wildman–Crippen MR) is 91.4 cm³/mol. The van der Waals surface area contributed by atoms with Gasteiger partial charge in [0, 0.05) is 18.1 Å². The molecular formula is C18H20N2O4. The zero-order chi connectivity index (χ0) is 17.4. The second-order valence-electron chi connectivity index (χ2n) is 5.24. The Morgan fingerprint density at radius 3 is 2.62 bits per heavy atom. The zero-order valence-electron chi connectivity index (χ0n) is 13.4. The highest BCUT2D eigenvalue weighted by atomic mass is 16.5. The molecule has 3 N–H and O–H groups in total. The number of hydrazone groups is 1. The summed E-state index contributed by atoms with van der Waals surface area (Å²) in [6.45, 7) is 0. The number of methoxy groups -OCH3 is 1. The van der Waals surface area contributed by atoms with Crippen LogP contribution in [0.15, 0.2) is 47.6 Å². The maximum Gasteiger partial charge on any atom is 0.240 e. The number of carbonyl (C=O) groups is 1. The van der Waals surface area contributed by atoms with Gasteiger partial charge in [0.2, 0.25) is 5.91 Å². The lowest BCUT2D eigenvalue weighted by Crippen LogP contribution is -2.17. The van der Waals surface area contributed by atoms with E-state index in [1.54, 1.807) is 7.11 Å². The molecular weight excluding hydrogens is 308 g/mol. The molecule has 0 saturated carbocycles. The highest BCUT2D eigenvalue weighted by molar-refractivity contribution is 5.85. The molecule has 0 aromatic heterocycles. The molecule has 2 aromatic rings. The number of benzene rings is 2. The molecule has 0 aliphatic carbocycles. The number of aromatic hydroxyl groups is 2. The molecule has 6 nitrogen and oxygen atoms in total. The molecule has 0 aliphatic heterocycles. The van der Waals surface area contributed by atoms with Crippen LogP contribution in [-0.4, -0.2) is 29.4 Å². The van der Waals surface area contributed by atoms with Crippen molar-refractivity contribution in [3.05, 3.63) is 53.6 Å². The summed E-state index contributed by atoms with van der Waals surface area (Å²) >= 11 is 0. The van der Waals surface area contributed by atoms with Crippen molar-refractivity contribution in [2.45, 2.75) is 19.3 Å². The van der Waals surface area contributed by atoms with Crippen LogP contribution in [0.3, 0.4) is 0 Å². The first kappa shape index (κ1) is 17.3. The number of hydrogen-bond donors (Lipinski definition) is 3. The molecule has 0 spiro atoms. The molecule has 6 heteroatoms. The van der Waals surface area contributed by atoms with E-state index in [-0.39, 0.29) is 17.4 Å². The van der Waals surface area contributed by atoms with Gasteiger partial charge in [-0.05, 0) is 42.7 Å². The third kappa shape index (κ3) is 5.31. The van der Waals surface area contributed by atoms with E-state index in [0.717, 1.165) is 17.7 Å². The van der Waals surface area contributed by atoms with Crippen molar-refractivity contribution in [2.24, 2.45) is 5.10 Å². The van der Waals surface area contributed by atoms with Crippen LogP contribution < -0.4 is 10.2 Å². The predicted octanol–water partition coefficient (Wildman–Crippen LogP) is 2.58. The lowest BCUT2D eigenvalue weighted by atomic mass is 10.1. The SMILES string of the molecule is COc1ccc(CCCC(=O)NN=Cc2ccc(O)cc2O)cc1. The molecule has 0 radical (unpaired) electrons. The van der Waals surface area contributed by atoms with E-state index < -0.39 is 0 Å². The molecule has 0 unspecified atom stereocenters. The second-order valence-corrected chi connectivity index (χ2v) is 5.24. The Morgan fingerprint density at radius 2 is 1.96 bits per heavy atom. The first-order valence-corrected chi connectivity index (χ1v) is 7.55. The minimum Gasteiger partial charge on any atom is -0.508 e. The van der Waals surface area contributed by atoms with Gasteiger partial charge in [-0.2, -0.15) is 5.10 Å². The summed E-state index contributed by atoms with van der Waals surface area (Å²) in [6, 6.07) is 11.9. The van der Waals surface area contributed by atoms with E-state index in [4.69, 9.17) is 4.74 Å². The molecule has 0 fully saturated rings. The third-order valence-electron chi connectivity index (χ3n) is 3.44. The number of amides is 1. The summed E-state index contributed by atoms with van der Waals surface area (Å²) in [4.78, 5) is 11.7. The average molecular weight is 328 g/mol. The van der Waals surface area contributed by atoms with Gasteiger partial charge in [0.15, 0.2) is 0 Å². The zero-order valence-corrected chi connectivity index (χ0v) is 13.4. The molecule has 0 heterocycles. The molecule has 0 atom stereocenters. The summed E-state index contributed by atoms with van der Waals surface area (Å²) < 4.78 is 5.10. The molecule has 0 bridgehead atoms. The van der Waals surface area contributed by atoms with Crippen molar-refractivity contribution < 1.29 is 19.7 Å². The third-order valence-corrected chi connectivity index (χ3v) is 3.44. The molecule has 126 valence electrons. The van der Waals surface area contributed by atoms with Gasteiger partial charge >= 0.3 is 0 Å². The number of hydrogen-bond acceptors (Lipinski definition) is 5. The largest absolute Gasteiger partial charge is 0.508 e. The monoisotopic (exact) mass is 328 g/mol. The van der Waals surface area contributed by atoms with Crippen LogP contribution in [0.5, 0.6) is 17.2 Å². The number of rotatable bonds is 7. The normalized spacial score (nSPS) is 10.7. The second kappa shape index (κ2) is 8.57. The van der Waals surface area contributed by atoms with Crippen LogP contribution in [0.4, 0.5) is 0 Å². The fraction of sp³-hybridized carbons (Fsp3) is 0.222. The van der Waals surface area contributed by atoms with E-state index in [1.165, 1.54) is 24.4 Å². The smallest absolute Gasteiger partial charge is 0.240 e. The van der Waals surface area contributed by atoms with Gasteiger partial charge in [-0.25, -0.2) is 5.43 Å².